The number of ether oxygens (including phenoxy) is 1. The molecule has 0 aromatic carbocycles. The van der Waals surface area contributed by atoms with E-state index in [0.717, 1.165) is 0 Å². The molecule has 0 aliphatic carbocycles. The van der Waals surface area contributed by atoms with E-state index in [1.54, 1.807) is 20.8 Å². The molecule has 2 N–H and O–H groups in total. The molecule has 9 heteroatoms. The summed E-state index contributed by atoms with van der Waals surface area (Å²) in [5.41, 5.74) is -0.605. The van der Waals surface area contributed by atoms with Crippen molar-refractivity contribution in [2.75, 3.05) is 26.3 Å². The fraction of sp³-hybridized carbons (Fsp3) is 0.833. The standard InChI is InChI=1S/C12H21F3N2O4/c1-11(2,3)17(6-4-9(18)19)10(20)16-5-7-21-8-12(13,14)15/h4-8H2,1-3H3,(H,16,20)(H,18,19). The molecule has 2 amide bonds. The molecular weight excluding hydrogens is 293 g/mol. The maximum atomic E-state index is 11.9. The van der Waals surface area contributed by atoms with Crippen LogP contribution in [0.3, 0.4) is 0 Å². The van der Waals surface area contributed by atoms with Crippen molar-refractivity contribution in [3.63, 3.8) is 0 Å². The van der Waals surface area contributed by atoms with Gasteiger partial charge in [0, 0.05) is 18.6 Å². The van der Waals surface area contributed by atoms with Crippen LogP contribution in [0.5, 0.6) is 0 Å². The minimum Gasteiger partial charge on any atom is -0.481 e. The van der Waals surface area contributed by atoms with E-state index in [4.69, 9.17) is 5.11 Å². The zero-order valence-corrected chi connectivity index (χ0v) is 12.3. The van der Waals surface area contributed by atoms with Gasteiger partial charge in [0.2, 0.25) is 0 Å². The normalized spacial score (nSPS) is 12.1. The minimum absolute atomic E-state index is 0.00801. The number of hydrogen-bond donors (Lipinski definition) is 2. The van der Waals surface area contributed by atoms with E-state index in [9.17, 15) is 22.8 Å². The van der Waals surface area contributed by atoms with Crippen LogP contribution in [-0.2, 0) is 9.53 Å². The van der Waals surface area contributed by atoms with Crippen molar-refractivity contribution in [3.05, 3.63) is 0 Å². The Bertz CT molecular complexity index is 353. The predicted molar refractivity (Wildman–Crippen MR) is 69.0 cm³/mol. The summed E-state index contributed by atoms with van der Waals surface area (Å²) in [7, 11) is 0. The molecule has 0 aromatic heterocycles. The van der Waals surface area contributed by atoms with Gasteiger partial charge in [0.05, 0.1) is 13.0 Å². The molecule has 0 saturated carbocycles. The van der Waals surface area contributed by atoms with Crippen LogP contribution in [0.2, 0.25) is 0 Å². The topological polar surface area (TPSA) is 78.9 Å². The van der Waals surface area contributed by atoms with Gasteiger partial charge in [-0.15, -0.1) is 0 Å². The summed E-state index contributed by atoms with van der Waals surface area (Å²) in [5, 5.41) is 11.0. The van der Waals surface area contributed by atoms with Crippen molar-refractivity contribution < 1.29 is 32.6 Å². The predicted octanol–water partition coefficient (Wildman–Crippen LogP) is 1.85. The van der Waals surface area contributed by atoms with Crippen LogP contribution in [0.1, 0.15) is 27.2 Å². The van der Waals surface area contributed by atoms with Crippen molar-refractivity contribution >= 4 is 12.0 Å². The molecule has 0 saturated heterocycles. The summed E-state index contributed by atoms with van der Waals surface area (Å²) in [6.45, 7) is 3.47. The molecule has 0 unspecified atom stereocenters. The molecule has 0 bridgehead atoms. The maximum Gasteiger partial charge on any atom is 0.411 e. The number of amides is 2. The second-order valence-electron chi connectivity index (χ2n) is 5.37. The molecule has 21 heavy (non-hydrogen) atoms. The lowest BCUT2D eigenvalue weighted by molar-refractivity contribution is -0.173. The molecule has 0 rings (SSSR count). The van der Waals surface area contributed by atoms with Crippen molar-refractivity contribution in [3.8, 4) is 0 Å². The lowest BCUT2D eigenvalue weighted by atomic mass is 10.1. The summed E-state index contributed by atoms with van der Waals surface area (Å²) in [5.74, 6) is -1.04. The van der Waals surface area contributed by atoms with Gasteiger partial charge >= 0.3 is 18.2 Å². The molecule has 0 atom stereocenters. The summed E-state index contributed by atoms with van der Waals surface area (Å²) < 4.78 is 39.8. The van der Waals surface area contributed by atoms with E-state index in [0.29, 0.717) is 0 Å². The van der Waals surface area contributed by atoms with Gasteiger partial charge in [-0.3, -0.25) is 4.79 Å². The van der Waals surface area contributed by atoms with Crippen molar-refractivity contribution in [1.29, 1.82) is 0 Å². The van der Waals surface area contributed by atoms with E-state index in [-0.39, 0.29) is 26.1 Å². The number of carboxylic acid groups (broad SMARTS) is 1. The van der Waals surface area contributed by atoms with Gasteiger partial charge in [0.1, 0.15) is 6.61 Å². The van der Waals surface area contributed by atoms with Crippen molar-refractivity contribution in [2.24, 2.45) is 0 Å². The number of hydrogen-bond acceptors (Lipinski definition) is 3. The van der Waals surface area contributed by atoms with Crippen LogP contribution in [-0.4, -0.2) is 60.0 Å². The number of aliphatic carboxylic acids is 1. The van der Waals surface area contributed by atoms with Crippen LogP contribution >= 0.6 is 0 Å². The number of carbonyl (C=O) groups is 2. The monoisotopic (exact) mass is 314 g/mol. The Morgan fingerprint density at radius 1 is 1.24 bits per heavy atom. The van der Waals surface area contributed by atoms with Gasteiger partial charge in [0.15, 0.2) is 0 Å². The first-order chi connectivity index (χ1) is 9.43. The van der Waals surface area contributed by atoms with E-state index < -0.39 is 30.3 Å². The second kappa shape index (κ2) is 8.06. The number of rotatable bonds is 7. The Kier molecular flexibility index (Phi) is 7.48. The lowest BCUT2D eigenvalue weighted by Crippen LogP contribution is -2.51. The molecule has 0 aliphatic rings. The molecule has 0 aliphatic heterocycles. The Hall–Kier alpha value is -1.51. The third-order valence-corrected chi connectivity index (χ3v) is 2.39. The van der Waals surface area contributed by atoms with Gasteiger partial charge in [-0.05, 0) is 20.8 Å². The van der Waals surface area contributed by atoms with Gasteiger partial charge < -0.3 is 20.1 Å². The Labute approximate surface area is 121 Å². The first-order valence-electron chi connectivity index (χ1n) is 6.35. The van der Waals surface area contributed by atoms with E-state index in [1.165, 1.54) is 4.90 Å². The first kappa shape index (κ1) is 19.5. The molecule has 6 nitrogen and oxygen atoms in total. The van der Waals surface area contributed by atoms with E-state index >= 15 is 0 Å². The first-order valence-corrected chi connectivity index (χ1v) is 6.35. The number of alkyl halides is 3. The SMILES string of the molecule is CC(C)(C)N(CCC(=O)O)C(=O)NCCOCC(F)(F)F. The largest absolute Gasteiger partial charge is 0.481 e. The Balaban J connectivity index is 4.21. The zero-order valence-electron chi connectivity index (χ0n) is 12.3. The maximum absolute atomic E-state index is 11.9. The fourth-order valence-electron chi connectivity index (χ4n) is 1.46. The van der Waals surface area contributed by atoms with Gasteiger partial charge in [-0.25, -0.2) is 4.79 Å². The lowest BCUT2D eigenvalue weighted by Gasteiger charge is -2.35. The smallest absolute Gasteiger partial charge is 0.411 e. The summed E-state index contributed by atoms with van der Waals surface area (Å²) in [4.78, 5) is 23.8. The number of carbonyl (C=O) groups excluding carboxylic acids is 1. The minimum atomic E-state index is -4.40. The molecule has 0 fully saturated rings. The van der Waals surface area contributed by atoms with Crippen molar-refractivity contribution in [1.82, 2.24) is 10.2 Å². The quantitative estimate of drug-likeness (QED) is 0.703. The number of nitrogens with zero attached hydrogens (tertiary/aromatic N) is 1. The molecular formula is C12H21F3N2O4. The molecule has 0 aromatic rings. The van der Waals surface area contributed by atoms with E-state index in [2.05, 4.69) is 10.1 Å². The number of urea groups is 1. The highest BCUT2D eigenvalue weighted by atomic mass is 19.4. The van der Waals surface area contributed by atoms with Crippen LogP contribution < -0.4 is 5.32 Å². The average Bonchev–Trinajstić information content (AvgIpc) is 2.24. The Morgan fingerprint density at radius 3 is 2.24 bits per heavy atom. The van der Waals surface area contributed by atoms with Crippen LogP contribution in [0.25, 0.3) is 0 Å². The molecule has 0 heterocycles. The summed E-state index contributed by atoms with van der Waals surface area (Å²) >= 11 is 0. The van der Waals surface area contributed by atoms with Gasteiger partial charge in [-0.1, -0.05) is 0 Å². The second-order valence-corrected chi connectivity index (χ2v) is 5.37. The fourth-order valence-corrected chi connectivity index (χ4v) is 1.46. The highest BCUT2D eigenvalue weighted by molar-refractivity contribution is 5.76. The molecule has 0 radical (unpaired) electrons. The average molecular weight is 314 g/mol. The number of carboxylic acids is 1. The number of nitrogens with one attached hydrogen (secondary N) is 1. The molecule has 124 valence electrons. The molecule has 0 spiro atoms. The van der Waals surface area contributed by atoms with Crippen LogP contribution in [0.4, 0.5) is 18.0 Å². The van der Waals surface area contributed by atoms with Crippen LogP contribution in [0.15, 0.2) is 0 Å². The highest BCUT2D eigenvalue weighted by Crippen LogP contribution is 2.15. The van der Waals surface area contributed by atoms with Gasteiger partial charge in [-0.2, -0.15) is 13.2 Å². The van der Waals surface area contributed by atoms with Crippen LogP contribution in [0, 0.1) is 0 Å². The number of halogens is 3. The zero-order chi connectivity index (χ0) is 16.7. The van der Waals surface area contributed by atoms with Crippen molar-refractivity contribution in [2.45, 2.75) is 38.9 Å². The summed E-state index contributed by atoms with van der Waals surface area (Å²) in [6, 6.07) is -0.542. The third-order valence-electron chi connectivity index (χ3n) is 2.39. The highest BCUT2D eigenvalue weighted by Gasteiger charge is 2.28. The van der Waals surface area contributed by atoms with Gasteiger partial charge in [0.25, 0.3) is 0 Å². The third kappa shape index (κ3) is 9.94. The Morgan fingerprint density at radius 2 is 1.81 bits per heavy atom. The summed E-state index contributed by atoms with van der Waals surface area (Å²) in [6.07, 6.45) is -4.61. The van der Waals surface area contributed by atoms with E-state index in [1.807, 2.05) is 0 Å².